The number of nitrogens with zero attached hydrogens (tertiary/aromatic N) is 3. The maximum absolute atomic E-state index is 9.19. The van der Waals surface area contributed by atoms with Crippen molar-refractivity contribution in [2.45, 2.75) is 6.04 Å². The van der Waals surface area contributed by atoms with E-state index in [0.717, 1.165) is 11.3 Å². The van der Waals surface area contributed by atoms with Gasteiger partial charge < -0.3 is 9.47 Å². The molecule has 1 unspecified atom stereocenters. The van der Waals surface area contributed by atoms with Gasteiger partial charge in [0.05, 0.1) is 34.4 Å². The molecule has 0 saturated heterocycles. The number of nitriles is 1. The van der Waals surface area contributed by atoms with Crippen LogP contribution in [-0.2, 0) is 0 Å². The maximum atomic E-state index is 9.19. The Labute approximate surface area is 169 Å². The SMILES string of the molecule is N#Cc1ccc(C2=Cc3ccccc3C3c4cccn4-c4ccccc4N23)cc1. The Morgan fingerprint density at radius 2 is 1.52 bits per heavy atom. The minimum Gasteiger partial charge on any atom is -0.326 e. The van der Waals surface area contributed by atoms with Crippen LogP contribution in [0.4, 0.5) is 5.69 Å². The van der Waals surface area contributed by atoms with Crippen molar-refractivity contribution in [3.63, 3.8) is 0 Å². The number of aromatic nitrogens is 1. The van der Waals surface area contributed by atoms with Gasteiger partial charge in [0.1, 0.15) is 6.04 Å². The topological polar surface area (TPSA) is 32.0 Å². The fraction of sp³-hybridized carbons (Fsp3) is 0.0385. The molecule has 0 radical (unpaired) electrons. The van der Waals surface area contributed by atoms with E-state index >= 15 is 0 Å². The largest absolute Gasteiger partial charge is 0.326 e. The van der Waals surface area contributed by atoms with Crippen LogP contribution in [0.1, 0.15) is 34.0 Å². The van der Waals surface area contributed by atoms with E-state index in [1.54, 1.807) is 0 Å². The third-order valence-electron chi connectivity index (χ3n) is 5.87. The Morgan fingerprint density at radius 1 is 0.759 bits per heavy atom. The molecule has 0 bridgehead atoms. The molecule has 29 heavy (non-hydrogen) atoms. The predicted octanol–water partition coefficient (Wildman–Crippen LogP) is 5.77. The number of benzene rings is 3. The van der Waals surface area contributed by atoms with Gasteiger partial charge in [-0.3, -0.25) is 0 Å². The smallest absolute Gasteiger partial charge is 0.100 e. The van der Waals surface area contributed by atoms with Crippen molar-refractivity contribution in [3.05, 3.63) is 119 Å². The lowest BCUT2D eigenvalue weighted by Gasteiger charge is -2.44. The zero-order chi connectivity index (χ0) is 19.4. The number of hydrogen-bond donors (Lipinski definition) is 0. The lowest BCUT2D eigenvalue weighted by atomic mass is 9.87. The molecule has 0 amide bonds. The number of fused-ring (bicyclic) bond motifs is 8. The minimum absolute atomic E-state index is 0.103. The second-order valence-electron chi connectivity index (χ2n) is 7.41. The van der Waals surface area contributed by atoms with Crippen LogP contribution in [-0.4, -0.2) is 4.57 Å². The second-order valence-corrected chi connectivity index (χ2v) is 7.41. The number of rotatable bonds is 1. The van der Waals surface area contributed by atoms with Crippen LogP contribution in [0.5, 0.6) is 0 Å². The molecule has 1 aromatic heterocycles. The molecule has 3 heterocycles. The molecule has 2 aliphatic rings. The van der Waals surface area contributed by atoms with Crippen LogP contribution in [0.3, 0.4) is 0 Å². The lowest BCUT2D eigenvalue weighted by molar-refractivity contribution is 0.728. The Balaban J connectivity index is 1.66. The highest BCUT2D eigenvalue weighted by Crippen LogP contribution is 2.49. The van der Waals surface area contributed by atoms with E-state index < -0.39 is 0 Å². The van der Waals surface area contributed by atoms with Gasteiger partial charge in [0.25, 0.3) is 0 Å². The second kappa shape index (κ2) is 5.98. The first-order chi connectivity index (χ1) is 14.3. The summed E-state index contributed by atoms with van der Waals surface area (Å²) in [6.45, 7) is 0. The molecule has 3 nitrogen and oxygen atoms in total. The van der Waals surface area contributed by atoms with Gasteiger partial charge in [0.15, 0.2) is 0 Å². The van der Waals surface area contributed by atoms with Crippen LogP contribution in [0, 0.1) is 11.3 Å². The quantitative estimate of drug-likeness (QED) is 0.425. The monoisotopic (exact) mass is 371 g/mol. The molecule has 0 N–H and O–H groups in total. The maximum Gasteiger partial charge on any atom is 0.100 e. The molecule has 3 heteroatoms. The van der Waals surface area contributed by atoms with E-state index in [0.29, 0.717) is 5.56 Å². The molecule has 2 aliphatic heterocycles. The first-order valence-corrected chi connectivity index (χ1v) is 9.72. The molecule has 0 aliphatic carbocycles. The Hall–Kier alpha value is -4.03. The highest BCUT2D eigenvalue weighted by atomic mass is 15.3. The van der Waals surface area contributed by atoms with Gasteiger partial charge in [-0.2, -0.15) is 5.26 Å². The highest BCUT2D eigenvalue weighted by molar-refractivity contribution is 5.97. The molecule has 0 spiro atoms. The fourth-order valence-corrected chi connectivity index (χ4v) is 4.59. The van der Waals surface area contributed by atoms with E-state index in [2.05, 4.69) is 88.5 Å². The van der Waals surface area contributed by atoms with Gasteiger partial charge in [-0.1, -0.05) is 48.5 Å². The van der Waals surface area contributed by atoms with E-state index in [9.17, 15) is 5.26 Å². The fourth-order valence-electron chi connectivity index (χ4n) is 4.59. The van der Waals surface area contributed by atoms with Gasteiger partial charge in [-0.15, -0.1) is 0 Å². The Morgan fingerprint density at radius 3 is 2.34 bits per heavy atom. The van der Waals surface area contributed by atoms with Gasteiger partial charge in [-0.05, 0) is 59.2 Å². The zero-order valence-electron chi connectivity index (χ0n) is 15.7. The molecule has 3 aromatic carbocycles. The summed E-state index contributed by atoms with van der Waals surface area (Å²) in [5.41, 5.74) is 9.11. The van der Waals surface area contributed by atoms with Crippen molar-refractivity contribution in [3.8, 4) is 11.8 Å². The number of hydrogen-bond acceptors (Lipinski definition) is 2. The summed E-state index contributed by atoms with van der Waals surface area (Å²) in [5.74, 6) is 0. The van der Waals surface area contributed by atoms with Crippen LogP contribution >= 0.6 is 0 Å². The Bertz CT molecular complexity index is 1320. The van der Waals surface area contributed by atoms with Crippen molar-refractivity contribution in [1.29, 1.82) is 5.26 Å². The predicted molar refractivity (Wildman–Crippen MR) is 116 cm³/mol. The third kappa shape index (κ3) is 2.23. The molecule has 6 rings (SSSR count). The van der Waals surface area contributed by atoms with Crippen LogP contribution in [0.15, 0.2) is 91.1 Å². The highest BCUT2D eigenvalue weighted by Gasteiger charge is 2.37. The number of anilines is 1. The Kier molecular flexibility index (Phi) is 3.30. The van der Waals surface area contributed by atoms with Crippen molar-refractivity contribution in [2.24, 2.45) is 0 Å². The molecular formula is C26H17N3. The molecule has 4 aromatic rings. The molecule has 136 valence electrons. The summed E-state index contributed by atoms with van der Waals surface area (Å²) in [6.07, 6.45) is 4.41. The van der Waals surface area contributed by atoms with Gasteiger partial charge in [0.2, 0.25) is 0 Å². The standard InChI is InChI=1S/C26H17N3/c27-17-18-11-13-19(14-12-18)25-16-20-6-1-2-7-21(20)26-24-10-5-15-28(24)22-8-3-4-9-23(22)29(25)26/h1-16,26H. The van der Waals surface area contributed by atoms with Gasteiger partial charge >= 0.3 is 0 Å². The van der Waals surface area contributed by atoms with Crippen molar-refractivity contribution in [2.75, 3.05) is 4.90 Å². The average molecular weight is 371 g/mol. The van der Waals surface area contributed by atoms with Crippen molar-refractivity contribution >= 4 is 17.5 Å². The zero-order valence-corrected chi connectivity index (χ0v) is 15.7. The van der Waals surface area contributed by atoms with E-state index in [-0.39, 0.29) is 6.04 Å². The first kappa shape index (κ1) is 16.0. The van der Waals surface area contributed by atoms with Crippen molar-refractivity contribution < 1.29 is 0 Å². The van der Waals surface area contributed by atoms with Crippen LogP contribution in [0.2, 0.25) is 0 Å². The summed E-state index contributed by atoms with van der Waals surface area (Å²) >= 11 is 0. The summed E-state index contributed by atoms with van der Waals surface area (Å²) in [6, 6.07) is 31.7. The summed E-state index contributed by atoms with van der Waals surface area (Å²) in [4.78, 5) is 2.44. The van der Waals surface area contributed by atoms with E-state index in [4.69, 9.17) is 0 Å². The normalized spacial score (nSPS) is 16.0. The summed E-state index contributed by atoms with van der Waals surface area (Å²) in [5, 5.41) is 9.19. The van der Waals surface area contributed by atoms with Crippen LogP contribution in [0.25, 0.3) is 17.5 Å². The van der Waals surface area contributed by atoms with E-state index in [1.165, 1.54) is 28.2 Å². The molecular weight excluding hydrogens is 354 g/mol. The average Bonchev–Trinajstić information content (AvgIpc) is 3.28. The van der Waals surface area contributed by atoms with Gasteiger partial charge in [0, 0.05) is 6.20 Å². The third-order valence-corrected chi connectivity index (χ3v) is 5.87. The lowest BCUT2D eigenvalue weighted by Crippen LogP contribution is -2.36. The first-order valence-electron chi connectivity index (χ1n) is 9.72. The summed E-state index contributed by atoms with van der Waals surface area (Å²) < 4.78 is 2.30. The molecule has 1 atom stereocenters. The molecule has 0 fully saturated rings. The van der Waals surface area contributed by atoms with E-state index in [1.807, 2.05) is 24.3 Å². The van der Waals surface area contributed by atoms with Gasteiger partial charge in [-0.25, -0.2) is 0 Å². The number of para-hydroxylation sites is 2. The van der Waals surface area contributed by atoms with Crippen molar-refractivity contribution in [1.82, 2.24) is 4.57 Å². The van der Waals surface area contributed by atoms with Crippen LogP contribution < -0.4 is 4.90 Å². The minimum atomic E-state index is 0.103. The molecule has 0 saturated carbocycles. The summed E-state index contributed by atoms with van der Waals surface area (Å²) in [7, 11) is 0.